The van der Waals surface area contributed by atoms with Crippen molar-refractivity contribution in [2.24, 2.45) is 0 Å². The first kappa shape index (κ1) is 23.1. The normalized spacial score (nSPS) is 14.1. The number of piperazine rings is 1. The van der Waals surface area contributed by atoms with Crippen molar-refractivity contribution in [3.05, 3.63) is 83.6 Å². The zero-order chi connectivity index (χ0) is 24.3. The second-order valence-corrected chi connectivity index (χ2v) is 7.64. The van der Waals surface area contributed by atoms with Crippen molar-refractivity contribution >= 4 is 17.6 Å². The van der Waals surface area contributed by atoms with E-state index in [0.717, 1.165) is 12.1 Å². The van der Waals surface area contributed by atoms with Gasteiger partial charge in [0.05, 0.1) is 11.1 Å². The van der Waals surface area contributed by atoms with E-state index in [9.17, 15) is 22.8 Å². The van der Waals surface area contributed by atoms with Crippen molar-refractivity contribution in [2.45, 2.75) is 6.18 Å². The van der Waals surface area contributed by atoms with E-state index >= 15 is 0 Å². The van der Waals surface area contributed by atoms with E-state index in [1.807, 2.05) is 4.90 Å². The smallest absolute Gasteiger partial charge is 0.416 e. The summed E-state index contributed by atoms with van der Waals surface area (Å²) in [6, 6.07) is 14.0. The van der Waals surface area contributed by atoms with E-state index in [-0.39, 0.29) is 17.4 Å². The molecule has 0 aliphatic carbocycles. The molecule has 1 aliphatic heterocycles. The summed E-state index contributed by atoms with van der Waals surface area (Å²) in [5.74, 6) is -0.740. The molecule has 7 nitrogen and oxygen atoms in total. The lowest BCUT2D eigenvalue weighted by atomic mass is 10.1. The quantitative estimate of drug-likeness (QED) is 0.588. The molecule has 176 valence electrons. The van der Waals surface area contributed by atoms with Crippen LogP contribution in [0.1, 0.15) is 26.3 Å². The first-order valence-electron chi connectivity index (χ1n) is 10.4. The molecular formula is C24H20F3N3O4. The van der Waals surface area contributed by atoms with E-state index < -0.39 is 17.7 Å². The number of carbonyl (C=O) groups is 2. The fourth-order valence-electron chi connectivity index (χ4n) is 3.61. The highest BCUT2D eigenvalue weighted by Gasteiger charge is 2.31. The summed E-state index contributed by atoms with van der Waals surface area (Å²) in [4.78, 5) is 31.5. The van der Waals surface area contributed by atoms with Crippen molar-refractivity contribution < 1.29 is 32.6 Å². The Morgan fingerprint density at radius 2 is 1.62 bits per heavy atom. The van der Waals surface area contributed by atoms with E-state index in [2.05, 4.69) is 4.98 Å². The molecule has 1 aromatic heterocycles. The standard InChI is InChI=1S/C24H20F3N3O4/c25-24(26,27)18-2-1-3-19(15-18)29-10-12-30(13-11-29)22(31)17-8-9-28-21(14-17)34-20-6-4-16(5-7-20)23(32)33/h1-9,14-15H,10-13H2,(H,32,33). The molecule has 0 unspecified atom stereocenters. The molecule has 1 amide bonds. The number of anilines is 1. The van der Waals surface area contributed by atoms with Gasteiger partial charge in [-0.25, -0.2) is 9.78 Å². The highest BCUT2D eigenvalue weighted by molar-refractivity contribution is 5.94. The first-order valence-corrected chi connectivity index (χ1v) is 10.4. The summed E-state index contributed by atoms with van der Waals surface area (Å²) < 4.78 is 44.6. The van der Waals surface area contributed by atoms with Gasteiger partial charge in [0.2, 0.25) is 5.88 Å². The Balaban J connectivity index is 1.39. The third-order valence-corrected chi connectivity index (χ3v) is 5.41. The maximum atomic E-state index is 13.0. The van der Waals surface area contributed by atoms with Crippen molar-refractivity contribution in [1.29, 1.82) is 0 Å². The Kier molecular flexibility index (Phi) is 6.40. The third kappa shape index (κ3) is 5.28. The Morgan fingerprint density at radius 1 is 0.912 bits per heavy atom. The number of hydrogen-bond acceptors (Lipinski definition) is 5. The number of pyridine rings is 1. The van der Waals surface area contributed by atoms with Gasteiger partial charge in [-0.1, -0.05) is 6.07 Å². The summed E-state index contributed by atoms with van der Waals surface area (Å²) >= 11 is 0. The van der Waals surface area contributed by atoms with Gasteiger partial charge in [0.15, 0.2) is 0 Å². The fraction of sp³-hybridized carbons (Fsp3) is 0.208. The lowest BCUT2D eigenvalue weighted by Crippen LogP contribution is -2.48. The number of aromatic carboxylic acids is 1. The molecule has 1 N–H and O–H groups in total. The van der Waals surface area contributed by atoms with Gasteiger partial charge in [0.25, 0.3) is 5.91 Å². The van der Waals surface area contributed by atoms with Crippen molar-refractivity contribution in [2.75, 3.05) is 31.1 Å². The highest BCUT2D eigenvalue weighted by Crippen LogP contribution is 2.32. The average Bonchev–Trinajstić information content (AvgIpc) is 2.84. The summed E-state index contributed by atoms with van der Waals surface area (Å²) in [5, 5.41) is 8.97. The second kappa shape index (κ2) is 9.42. The molecule has 1 aliphatic rings. The number of halogens is 3. The SMILES string of the molecule is O=C(O)c1ccc(Oc2cc(C(=O)N3CCN(c4cccc(C(F)(F)F)c4)CC3)ccn2)cc1. The van der Waals surface area contributed by atoms with Gasteiger partial charge < -0.3 is 19.6 Å². The largest absolute Gasteiger partial charge is 0.478 e. The lowest BCUT2D eigenvalue weighted by Gasteiger charge is -2.36. The molecule has 4 rings (SSSR count). The summed E-state index contributed by atoms with van der Waals surface area (Å²) in [6.07, 6.45) is -2.97. The minimum Gasteiger partial charge on any atom is -0.478 e. The number of alkyl halides is 3. The van der Waals surface area contributed by atoms with Crippen LogP contribution < -0.4 is 9.64 Å². The number of benzene rings is 2. The van der Waals surface area contributed by atoms with Gasteiger partial charge in [-0.15, -0.1) is 0 Å². The molecule has 1 saturated heterocycles. The molecule has 0 bridgehead atoms. The summed E-state index contributed by atoms with van der Waals surface area (Å²) in [5.41, 5.74) is 0.244. The number of carbonyl (C=O) groups excluding carboxylic acids is 1. The molecule has 34 heavy (non-hydrogen) atoms. The van der Waals surface area contributed by atoms with Crippen LogP contribution in [0.25, 0.3) is 0 Å². The number of nitrogens with zero attached hydrogens (tertiary/aromatic N) is 3. The van der Waals surface area contributed by atoms with Crippen LogP contribution in [-0.2, 0) is 6.18 Å². The number of carboxylic acids is 1. The highest BCUT2D eigenvalue weighted by atomic mass is 19.4. The molecule has 10 heteroatoms. The van der Waals surface area contributed by atoms with E-state index in [0.29, 0.717) is 43.2 Å². The Labute approximate surface area is 193 Å². The van der Waals surface area contributed by atoms with Crippen LogP contribution >= 0.6 is 0 Å². The Morgan fingerprint density at radius 3 is 2.26 bits per heavy atom. The van der Waals surface area contributed by atoms with Gasteiger partial charge in [-0.2, -0.15) is 13.2 Å². The van der Waals surface area contributed by atoms with Crippen LogP contribution in [-0.4, -0.2) is 53.0 Å². The molecule has 0 saturated carbocycles. The Hall–Kier alpha value is -4.08. The van der Waals surface area contributed by atoms with Crippen molar-refractivity contribution in [3.63, 3.8) is 0 Å². The van der Waals surface area contributed by atoms with Crippen LogP contribution in [0.3, 0.4) is 0 Å². The molecule has 1 fully saturated rings. The van der Waals surface area contributed by atoms with E-state index in [1.54, 1.807) is 17.0 Å². The molecular weight excluding hydrogens is 451 g/mol. The number of carboxylic acid groups (broad SMARTS) is 1. The minimum absolute atomic E-state index is 0.119. The number of ether oxygens (including phenoxy) is 1. The predicted molar refractivity (Wildman–Crippen MR) is 117 cm³/mol. The van der Waals surface area contributed by atoms with Crippen LogP contribution in [0.15, 0.2) is 66.9 Å². The minimum atomic E-state index is -4.41. The van der Waals surface area contributed by atoms with Gasteiger partial charge >= 0.3 is 12.1 Å². The van der Waals surface area contributed by atoms with Crippen molar-refractivity contribution in [3.8, 4) is 11.6 Å². The van der Waals surface area contributed by atoms with E-state index in [1.165, 1.54) is 42.6 Å². The van der Waals surface area contributed by atoms with Crippen LogP contribution in [0.4, 0.5) is 18.9 Å². The van der Waals surface area contributed by atoms with Crippen LogP contribution in [0, 0.1) is 0 Å². The summed E-state index contributed by atoms with van der Waals surface area (Å²) in [7, 11) is 0. The second-order valence-electron chi connectivity index (χ2n) is 7.64. The van der Waals surface area contributed by atoms with Crippen LogP contribution in [0.2, 0.25) is 0 Å². The van der Waals surface area contributed by atoms with Crippen molar-refractivity contribution in [1.82, 2.24) is 9.88 Å². The maximum Gasteiger partial charge on any atom is 0.416 e. The Bertz CT molecular complexity index is 1190. The monoisotopic (exact) mass is 471 g/mol. The topological polar surface area (TPSA) is 83.0 Å². The fourth-order valence-corrected chi connectivity index (χ4v) is 3.61. The van der Waals surface area contributed by atoms with Gasteiger partial charge in [0.1, 0.15) is 5.75 Å². The molecule has 0 spiro atoms. The predicted octanol–water partition coefficient (Wildman–Crippen LogP) is 4.55. The zero-order valence-electron chi connectivity index (χ0n) is 17.8. The number of rotatable bonds is 5. The van der Waals surface area contributed by atoms with Gasteiger partial charge in [-0.05, 0) is 48.5 Å². The van der Waals surface area contributed by atoms with E-state index in [4.69, 9.17) is 9.84 Å². The zero-order valence-corrected chi connectivity index (χ0v) is 17.8. The lowest BCUT2D eigenvalue weighted by molar-refractivity contribution is -0.137. The van der Waals surface area contributed by atoms with Gasteiger partial charge in [-0.3, -0.25) is 4.79 Å². The number of aromatic nitrogens is 1. The average molecular weight is 471 g/mol. The molecule has 3 aromatic rings. The molecule has 0 atom stereocenters. The molecule has 0 radical (unpaired) electrons. The number of amides is 1. The third-order valence-electron chi connectivity index (χ3n) is 5.41. The molecule has 2 aromatic carbocycles. The first-order chi connectivity index (χ1) is 16.2. The molecule has 2 heterocycles. The maximum absolute atomic E-state index is 13.0. The number of hydrogen-bond donors (Lipinski definition) is 1. The van der Waals surface area contributed by atoms with Crippen LogP contribution in [0.5, 0.6) is 11.6 Å². The van der Waals surface area contributed by atoms with Gasteiger partial charge in [0, 0.05) is 49.7 Å². The summed E-state index contributed by atoms with van der Waals surface area (Å²) in [6.45, 7) is 1.50.